The Bertz CT molecular complexity index is 2020. The maximum atomic E-state index is 13.8. The minimum atomic E-state index is -1.81. The lowest BCUT2D eigenvalue weighted by Gasteiger charge is -2.28. The van der Waals surface area contributed by atoms with Crippen LogP contribution in [0.1, 0.15) is 120 Å². The molecule has 0 bridgehead atoms. The van der Waals surface area contributed by atoms with E-state index in [2.05, 4.69) is 52.8 Å². The van der Waals surface area contributed by atoms with Crippen molar-refractivity contribution >= 4 is 71.0 Å². The molecule has 0 aromatic rings. The second-order valence-electron chi connectivity index (χ2n) is 20.3. The quantitative estimate of drug-likeness (QED) is 0.0155. The Kier molecular flexibility index (Phi) is 33.9. The number of hydrogen-bond acceptors (Lipinski definition) is 17. The summed E-state index contributed by atoms with van der Waals surface area (Å²) in [5.41, 5.74) is 27.7. The standard InChI is InChI=1S/C48H89N15O15/c1-23(2)18-31(58-39(69)28(50)12-9-10-16-49)42(72)59-32(19-24(3)4)43(73)61-35(22-65)45(75)62-34(21-64)44(74)55-26(7)38(68)56-30(14-15-36(51)67)40(70)57-29(13-11-17-54-48(52)53)41(71)63-37(27(8)66)46(76)60-33(47(77)78)20-25(5)6/h23-35,37,64-66H,9-22,49-50H2,1-8H3,(H2,51,67)(H,55,74)(H,56,68)(H,57,70)(H,58,69)(H,59,72)(H,60,76)(H,61,73)(H,62,75)(H,63,71)(H,77,78)(H4,52,53,54)/t26-,27+,28-,29-,30-,31-,32-,33-,34-,35-,37-/m0/s1. The fourth-order valence-corrected chi connectivity index (χ4v) is 7.42. The van der Waals surface area contributed by atoms with Crippen LogP contribution in [-0.2, 0) is 52.7 Å². The smallest absolute Gasteiger partial charge is 0.326 e. The number of nitrogens with zero attached hydrogens (tertiary/aromatic N) is 1. The van der Waals surface area contributed by atoms with Crippen LogP contribution in [-0.4, -0.2) is 184 Å². The third-order valence-electron chi connectivity index (χ3n) is 11.6. The van der Waals surface area contributed by atoms with Gasteiger partial charge in [0.25, 0.3) is 0 Å². The van der Waals surface area contributed by atoms with Crippen molar-refractivity contribution in [2.75, 3.05) is 26.3 Å². The molecule has 446 valence electrons. The summed E-state index contributed by atoms with van der Waals surface area (Å²) in [6.07, 6.45) is -0.893. The molecule has 30 nitrogen and oxygen atoms in total. The molecule has 0 fully saturated rings. The molecule has 0 aliphatic carbocycles. The van der Waals surface area contributed by atoms with Gasteiger partial charge in [0.05, 0.1) is 25.4 Å². The normalized spacial score (nSPS) is 15.5. The molecule has 30 heteroatoms. The third kappa shape index (κ3) is 28.6. The summed E-state index contributed by atoms with van der Waals surface area (Å²) in [7, 11) is 0. The van der Waals surface area contributed by atoms with Gasteiger partial charge in [-0.25, -0.2) is 4.79 Å². The zero-order chi connectivity index (χ0) is 60.0. The van der Waals surface area contributed by atoms with E-state index >= 15 is 0 Å². The van der Waals surface area contributed by atoms with Gasteiger partial charge in [0.2, 0.25) is 59.1 Å². The van der Waals surface area contributed by atoms with Crippen molar-refractivity contribution in [3.8, 4) is 0 Å². The third-order valence-corrected chi connectivity index (χ3v) is 11.6. The fraction of sp³-hybridized carbons (Fsp3) is 0.750. The van der Waals surface area contributed by atoms with Crippen molar-refractivity contribution < 1.29 is 73.2 Å². The van der Waals surface area contributed by atoms with E-state index in [0.29, 0.717) is 25.8 Å². The molecule has 0 heterocycles. The molecule has 0 radical (unpaired) electrons. The highest BCUT2D eigenvalue weighted by atomic mass is 16.4. The molecule has 0 saturated heterocycles. The number of rotatable bonds is 39. The van der Waals surface area contributed by atoms with Crippen molar-refractivity contribution in [3.05, 3.63) is 0 Å². The lowest BCUT2D eigenvalue weighted by molar-refractivity contribution is -0.143. The predicted octanol–water partition coefficient (Wildman–Crippen LogP) is -6.27. The first-order valence-electron chi connectivity index (χ1n) is 26.0. The lowest BCUT2D eigenvalue weighted by Crippen LogP contribution is -2.61. The van der Waals surface area contributed by atoms with Gasteiger partial charge in [-0.1, -0.05) is 48.0 Å². The Labute approximate surface area is 454 Å². The number of hydrogen-bond donors (Lipinski definition) is 18. The molecule has 23 N–H and O–H groups in total. The average Bonchev–Trinajstić information content (AvgIpc) is 3.34. The van der Waals surface area contributed by atoms with E-state index in [-0.39, 0.29) is 62.4 Å². The van der Waals surface area contributed by atoms with Crippen molar-refractivity contribution in [2.24, 2.45) is 51.4 Å². The first-order chi connectivity index (χ1) is 36.4. The molecule has 0 unspecified atom stereocenters. The van der Waals surface area contributed by atoms with E-state index in [1.807, 2.05) is 13.8 Å². The summed E-state index contributed by atoms with van der Waals surface area (Å²) in [4.78, 5) is 149. The minimum Gasteiger partial charge on any atom is -0.480 e. The number of primary amides is 1. The van der Waals surface area contributed by atoms with E-state index in [1.165, 1.54) is 0 Å². The molecular weight excluding hydrogens is 1030 g/mol. The summed E-state index contributed by atoms with van der Waals surface area (Å²) in [5, 5.41) is 61.8. The number of unbranched alkanes of at least 4 members (excludes halogenated alkanes) is 1. The fourth-order valence-electron chi connectivity index (χ4n) is 7.42. The highest BCUT2D eigenvalue weighted by Gasteiger charge is 2.36. The summed E-state index contributed by atoms with van der Waals surface area (Å²) < 4.78 is 0. The second kappa shape index (κ2) is 37.1. The van der Waals surface area contributed by atoms with Crippen LogP contribution in [0.25, 0.3) is 0 Å². The number of aliphatic imine (C=N–C) groups is 1. The van der Waals surface area contributed by atoms with E-state index in [0.717, 1.165) is 13.8 Å². The number of aliphatic hydroxyl groups excluding tert-OH is 3. The SMILES string of the molecule is CC(C)C[C@H](NC(=O)[C@@H](NC(=O)[C@H](CCCN=C(N)N)NC(=O)[C@H](CCC(N)=O)NC(=O)[C@H](C)NC(=O)[C@H](CO)NC(=O)[C@H](CO)NC(=O)[C@H](CC(C)C)NC(=O)[C@H](CC(C)C)NC(=O)[C@@H](N)CCCCN)[C@@H](C)O)C(=O)O. The first kappa shape index (κ1) is 71.2. The van der Waals surface area contributed by atoms with Crippen LogP contribution in [0, 0.1) is 17.8 Å². The molecule has 78 heavy (non-hydrogen) atoms. The van der Waals surface area contributed by atoms with E-state index in [1.54, 1.807) is 27.7 Å². The Morgan fingerprint density at radius 2 is 0.859 bits per heavy atom. The van der Waals surface area contributed by atoms with Gasteiger partial charge in [0, 0.05) is 13.0 Å². The number of carboxylic acids is 1. The van der Waals surface area contributed by atoms with Gasteiger partial charge in [0.1, 0.15) is 54.4 Å². The van der Waals surface area contributed by atoms with Crippen LogP contribution in [0.15, 0.2) is 4.99 Å². The van der Waals surface area contributed by atoms with Gasteiger partial charge in [0.15, 0.2) is 5.96 Å². The minimum absolute atomic E-state index is 0.0133. The molecule has 0 aliphatic heterocycles. The van der Waals surface area contributed by atoms with Crippen LogP contribution in [0.2, 0.25) is 0 Å². The van der Waals surface area contributed by atoms with E-state index in [9.17, 15) is 73.2 Å². The van der Waals surface area contributed by atoms with Crippen LogP contribution in [0.5, 0.6) is 0 Å². The number of carbonyl (C=O) groups is 11. The summed E-state index contributed by atoms with van der Waals surface area (Å²) in [6, 6.07) is -14.7. The molecule has 11 atom stereocenters. The summed E-state index contributed by atoms with van der Waals surface area (Å²) in [6.45, 7) is 11.2. The van der Waals surface area contributed by atoms with Gasteiger partial charge < -0.3 is 96.9 Å². The van der Waals surface area contributed by atoms with Gasteiger partial charge in [-0.05, 0) is 89.5 Å². The molecule has 0 aromatic carbocycles. The van der Waals surface area contributed by atoms with Crippen molar-refractivity contribution in [3.63, 3.8) is 0 Å². The average molecular weight is 1120 g/mol. The van der Waals surface area contributed by atoms with Gasteiger partial charge in [-0.3, -0.25) is 52.9 Å². The van der Waals surface area contributed by atoms with Crippen LogP contribution in [0.4, 0.5) is 0 Å². The molecule has 0 saturated carbocycles. The largest absolute Gasteiger partial charge is 0.480 e. The van der Waals surface area contributed by atoms with Crippen LogP contribution < -0.4 is 76.5 Å². The lowest BCUT2D eigenvalue weighted by atomic mass is 9.99. The highest BCUT2D eigenvalue weighted by molar-refractivity contribution is 5.98. The number of aliphatic carboxylic acids is 1. The number of guanidine groups is 1. The Hall–Kier alpha value is -6.76. The zero-order valence-corrected chi connectivity index (χ0v) is 46.1. The number of amides is 10. The van der Waals surface area contributed by atoms with Crippen LogP contribution >= 0.6 is 0 Å². The van der Waals surface area contributed by atoms with Crippen molar-refractivity contribution in [1.29, 1.82) is 0 Å². The summed E-state index contributed by atoms with van der Waals surface area (Å²) >= 11 is 0. The molecule has 10 amide bonds. The molecule has 0 spiro atoms. The van der Waals surface area contributed by atoms with Gasteiger partial charge in [-0.15, -0.1) is 0 Å². The maximum absolute atomic E-state index is 13.8. The Balaban J connectivity index is 6.30. The number of carboxylic acid groups (broad SMARTS) is 1. The monoisotopic (exact) mass is 1120 g/mol. The number of carbonyl (C=O) groups excluding carboxylic acids is 10. The number of nitrogens with one attached hydrogen (secondary N) is 9. The maximum Gasteiger partial charge on any atom is 0.326 e. The summed E-state index contributed by atoms with van der Waals surface area (Å²) in [5.74, 6) is -11.8. The van der Waals surface area contributed by atoms with E-state index < -0.39 is 158 Å². The van der Waals surface area contributed by atoms with Crippen molar-refractivity contribution in [2.45, 2.75) is 186 Å². The Morgan fingerprint density at radius 1 is 0.462 bits per heavy atom. The second-order valence-corrected chi connectivity index (χ2v) is 20.3. The highest BCUT2D eigenvalue weighted by Crippen LogP contribution is 2.12. The molecule has 0 rings (SSSR count). The zero-order valence-electron chi connectivity index (χ0n) is 46.1. The Morgan fingerprint density at radius 3 is 1.31 bits per heavy atom. The van der Waals surface area contributed by atoms with Crippen LogP contribution in [0.3, 0.4) is 0 Å². The topological polar surface area (TPSA) is 519 Å². The molecular formula is C48H89N15O15. The number of aliphatic hydroxyl groups is 3. The number of nitrogens with two attached hydrogens (primary N) is 5. The van der Waals surface area contributed by atoms with Gasteiger partial charge >= 0.3 is 5.97 Å². The first-order valence-corrected chi connectivity index (χ1v) is 26.0. The molecule has 0 aliphatic rings. The predicted molar refractivity (Wildman–Crippen MR) is 284 cm³/mol. The van der Waals surface area contributed by atoms with E-state index in [4.69, 9.17) is 28.7 Å². The van der Waals surface area contributed by atoms with Crippen molar-refractivity contribution in [1.82, 2.24) is 47.9 Å². The van der Waals surface area contributed by atoms with Gasteiger partial charge in [-0.2, -0.15) is 0 Å². The molecule has 0 aromatic heterocycles.